The number of aliphatic hydroxyl groups excluding tert-OH is 1. The lowest BCUT2D eigenvalue weighted by molar-refractivity contribution is -0.140. The number of piperidine rings is 2. The second-order valence-corrected chi connectivity index (χ2v) is 8.01. The normalized spacial score (nSPS) is 24.3. The van der Waals surface area contributed by atoms with Crippen LogP contribution in [-0.4, -0.2) is 66.8 Å². The third-order valence-corrected chi connectivity index (χ3v) is 6.01. The molecular weight excluding hydrogens is 328 g/mol. The number of carbonyl (C=O) groups is 1. The van der Waals surface area contributed by atoms with E-state index in [1.807, 2.05) is 11.0 Å². The van der Waals surface area contributed by atoms with Crippen LogP contribution in [-0.2, 0) is 4.79 Å². The Morgan fingerprint density at radius 1 is 1.15 bits per heavy atom. The maximum absolute atomic E-state index is 12.1. The Morgan fingerprint density at radius 3 is 2.77 bits per heavy atom. The molecule has 2 heterocycles. The van der Waals surface area contributed by atoms with Gasteiger partial charge in [0, 0.05) is 38.0 Å². The van der Waals surface area contributed by atoms with Gasteiger partial charge in [-0.15, -0.1) is 0 Å². The summed E-state index contributed by atoms with van der Waals surface area (Å²) in [5.41, 5.74) is 2.74. The molecule has 2 fully saturated rings. The van der Waals surface area contributed by atoms with Crippen molar-refractivity contribution in [1.29, 1.82) is 0 Å². The summed E-state index contributed by atoms with van der Waals surface area (Å²) in [6.45, 7) is 9.28. The minimum absolute atomic E-state index is 0.0509. The summed E-state index contributed by atoms with van der Waals surface area (Å²) in [5.74, 6) is 1.14. The maximum Gasteiger partial charge on any atom is 0.222 e. The van der Waals surface area contributed by atoms with Gasteiger partial charge in [0.25, 0.3) is 0 Å². The quantitative estimate of drug-likeness (QED) is 0.846. The molecule has 0 aliphatic carbocycles. The zero-order chi connectivity index (χ0) is 18.6. The third-order valence-electron chi connectivity index (χ3n) is 6.01. The molecule has 144 valence electrons. The van der Waals surface area contributed by atoms with E-state index in [0.29, 0.717) is 19.6 Å². The molecule has 26 heavy (non-hydrogen) atoms. The predicted molar refractivity (Wildman–Crippen MR) is 102 cm³/mol. The number of carbonyl (C=O) groups excluding carboxylic acids is 1. The second kappa shape index (κ2) is 8.40. The Balaban J connectivity index is 1.51. The highest BCUT2D eigenvalue weighted by atomic mass is 16.5. The Morgan fingerprint density at radius 2 is 2.00 bits per heavy atom. The molecule has 1 N–H and O–H groups in total. The van der Waals surface area contributed by atoms with E-state index in [1.165, 1.54) is 24.0 Å². The molecule has 2 aliphatic rings. The predicted octanol–water partition coefficient (Wildman–Crippen LogP) is 2.38. The SMILES string of the molecule is Cc1ccc(OCCN2CCC[C@]3(CCC(=O)N(CCO)C3)C2)cc1C. The Bertz CT molecular complexity index is 634. The molecule has 2 aliphatic heterocycles. The van der Waals surface area contributed by atoms with Gasteiger partial charge in [-0.1, -0.05) is 6.07 Å². The molecule has 1 spiro atoms. The molecule has 2 saturated heterocycles. The molecule has 0 bridgehead atoms. The van der Waals surface area contributed by atoms with Gasteiger partial charge in [0.1, 0.15) is 12.4 Å². The number of benzene rings is 1. The molecule has 0 radical (unpaired) electrons. The molecule has 3 rings (SSSR count). The summed E-state index contributed by atoms with van der Waals surface area (Å²) in [6, 6.07) is 6.25. The Labute approximate surface area is 156 Å². The Kier molecular flexibility index (Phi) is 6.20. The highest BCUT2D eigenvalue weighted by Crippen LogP contribution is 2.38. The minimum Gasteiger partial charge on any atom is -0.492 e. The minimum atomic E-state index is 0.0509. The first-order valence-corrected chi connectivity index (χ1v) is 9.82. The summed E-state index contributed by atoms with van der Waals surface area (Å²) >= 11 is 0. The van der Waals surface area contributed by atoms with E-state index in [2.05, 4.69) is 30.9 Å². The molecule has 1 aromatic carbocycles. The summed E-state index contributed by atoms with van der Waals surface area (Å²) in [5, 5.41) is 9.22. The lowest BCUT2D eigenvalue weighted by Crippen LogP contribution is -2.54. The standard InChI is InChI=1S/C21H32N2O3/c1-17-4-5-19(14-18(17)2)26-13-11-22-9-3-7-21(15-22)8-6-20(25)23(16-21)10-12-24/h4-5,14,24H,3,6-13,15-16H2,1-2H3/t21-/m0/s1. The summed E-state index contributed by atoms with van der Waals surface area (Å²) < 4.78 is 5.96. The van der Waals surface area contributed by atoms with Gasteiger partial charge < -0.3 is 14.7 Å². The van der Waals surface area contributed by atoms with Crippen LogP contribution in [0.3, 0.4) is 0 Å². The highest BCUT2D eigenvalue weighted by Gasteiger charge is 2.41. The summed E-state index contributed by atoms with van der Waals surface area (Å²) in [6.07, 6.45) is 3.94. The van der Waals surface area contributed by atoms with Crippen molar-refractivity contribution in [2.24, 2.45) is 5.41 Å². The lowest BCUT2D eigenvalue weighted by Gasteiger charge is -2.48. The molecule has 0 saturated carbocycles. The van der Waals surface area contributed by atoms with Crippen LogP contribution >= 0.6 is 0 Å². The molecule has 0 unspecified atom stereocenters. The first-order chi connectivity index (χ1) is 12.5. The average Bonchev–Trinajstić information content (AvgIpc) is 2.62. The largest absolute Gasteiger partial charge is 0.492 e. The Hall–Kier alpha value is -1.59. The van der Waals surface area contributed by atoms with Crippen LogP contribution < -0.4 is 4.74 Å². The van der Waals surface area contributed by atoms with Gasteiger partial charge in [0.15, 0.2) is 0 Å². The zero-order valence-electron chi connectivity index (χ0n) is 16.2. The van der Waals surface area contributed by atoms with Crippen LogP contribution in [0.5, 0.6) is 5.75 Å². The number of aryl methyl sites for hydroxylation is 2. The molecule has 1 aromatic rings. The van der Waals surface area contributed by atoms with E-state index < -0.39 is 0 Å². The number of hydrogen-bond acceptors (Lipinski definition) is 4. The second-order valence-electron chi connectivity index (χ2n) is 8.01. The van der Waals surface area contributed by atoms with Gasteiger partial charge >= 0.3 is 0 Å². The van der Waals surface area contributed by atoms with Crippen molar-refractivity contribution in [3.05, 3.63) is 29.3 Å². The number of ether oxygens (including phenoxy) is 1. The van der Waals surface area contributed by atoms with Crippen LogP contribution in [0.15, 0.2) is 18.2 Å². The van der Waals surface area contributed by atoms with Gasteiger partial charge in [-0.25, -0.2) is 0 Å². The third kappa shape index (κ3) is 4.57. The van der Waals surface area contributed by atoms with Gasteiger partial charge in [-0.3, -0.25) is 9.69 Å². The lowest BCUT2D eigenvalue weighted by atomic mass is 9.73. The van der Waals surface area contributed by atoms with E-state index in [4.69, 9.17) is 4.74 Å². The van der Waals surface area contributed by atoms with E-state index in [0.717, 1.165) is 38.3 Å². The van der Waals surface area contributed by atoms with Crippen LogP contribution in [0, 0.1) is 19.3 Å². The number of nitrogens with zero attached hydrogens (tertiary/aromatic N) is 2. The van der Waals surface area contributed by atoms with Crippen LogP contribution in [0.2, 0.25) is 0 Å². The molecule has 5 nitrogen and oxygen atoms in total. The summed E-state index contributed by atoms with van der Waals surface area (Å²) in [7, 11) is 0. The van der Waals surface area contributed by atoms with E-state index in [9.17, 15) is 9.90 Å². The zero-order valence-corrected chi connectivity index (χ0v) is 16.2. The van der Waals surface area contributed by atoms with Crippen molar-refractivity contribution in [3.63, 3.8) is 0 Å². The van der Waals surface area contributed by atoms with Gasteiger partial charge in [0.2, 0.25) is 5.91 Å². The fourth-order valence-corrected chi connectivity index (χ4v) is 4.36. The van der Waals surface area contributed by atoms with Crippen LogP contribution in [0.4, 0.5) is 0 Å². The molecule has 1 amide bonds. The molecule has 5 heteroatoms. The topological polar surface area (TPSA) is 53.0 Å². The van der Waals surface area contributed by atoms with Gasteiger partial charge in [-0.05, 0) is 62.9 Å². The van der Waals surface area contributed by atoms with Crippen molar-refractivity contribution < 1.29 is 14.6 Å². The maximum atomic E-state index is 12.1. The number of likely N-dealkylation sites (tertiary alicyclic amines) is 2. The van der Waals surface area contributed by atoms with E-state index in [1.54, 1.807) is 0 Å². The summed E-state index contributed by atoms with van der Waals surface area (Å²) in [4.78, 5) is 16.4. The van der Waals surface area contributed by atoms with Crippen molar-refractivity contribution in [3.8, 4) is 5.75 Å². The van der Waals surface area contributed by atoms with Crippen molar-refractivity contribution in [2.45, 2.75) is 39.5 Å². The number of rotatable bonds is 6. The van der Waals surface area contributed by atoms with Gasteiger partial charge in [0.05, 0.1) is 6.61 Å². The number of aliphatic hydroxyl groups is 1. The first kappa shape index (κ1) is 19.2. The average molecular weight is 360 g/mol. The highest BCUT2D eigenvalue weighted by molar-refractivity contribution is 5.77. The number of hydrogen-bond donors (Lipinski definition) is 1. The fourth-order valence-electron chi connectivity index (χ4n) is 4.36. The van der Waals surface area contributed by atoms with Crippen molar-refractivity contribution >= 4 is 5.91 Å². The van der Waals surface area contributed by atoms with E-state index in [-0.39, 0.29) is 17.9 Å². The number of β-amino-alcohol motifs (C(OH)–C–C–N with tert-alkyl or cyclic N) is 1. The number of amides is 1. The van der Waals surface area contributed by atoms with E-state index >= 15 is 0 Å². The van der Waals surface area contributed by atoms with Crippen molar-refractivity contribution in [1.82, 2.24) is 9.80 Å². The van der Waals surface area contributed by atoms with Gasteiger partial charge in [-0.2, -0.15) is 0 Å². The van der Waals surface area contributed by atoms with Crippen LogP contribution in [0.1, 0.15) is 36.8 Å². The molecule has 1 atom stereocenters. The monoisotopic (exact) mass is 360 g/mol. The molecular formula is C21H32N2O3. The first-order valence-electron chi connectivity index (χ1n) is 9.82. The fraction of sp³-hybridized carbons (Fsp3) is 0.667. The van der Waals surface area contributed by atoms with Crippen LogP contribution in [0.25, 0.3) is 0 Å². The van der Waals surface area contributed by atoms with Crippen molar-refractivity contribution in [2.75, 3.05) is 45.9 Å². The molecule has 0 aromatic heterocycles. The smallest absolute Gasteiger partial charge is 0.222 e.